The summed E-state index contributed by atoms with van der Waals surface area (Å²) in [6, 6.07) is 0.986. The van der Waals surface area contributed by atoms with Crippen molar-refractivity contribution in [1.82, 2.24) is 25.1 Å². The molecule has 2 aromatic rings. The molecule has 0 aromatic carbocycles. The molecule has 3 rings (SSSR count). The number of hydrogen-bond acceptors (Lipinski definition) is 6. The van der Waals surface area contributed by atoms with Crippen molar-refractivity contribution in [2.24, 2.45) is 5.73 Å². The maximum atomic E-state index is 13.2. The number of anilines is 1. The Kier molecular flexibility index (Phi) is 5.31. The monoisotopic (exact) mass is 383 g/mol. The lowest BCUT2D eigenvalue weighted by atomic mass is 10.1. The summed E-state index contributed by atoms with van der Waals surface area (Å²) >= 11 is 0. The third kappa shape index (κ3) is 4.35. The van der Waals surface area contributed by atoms with Crippen LogP contribution in [-0.4, -0.2) is 51.3 Å². The van der Waals surface area contributed by atoms with Crippen molar-refractivity contribution in [2.75, 3.05) is 24.5 Å². The Bertz CT molecular complexity index is 821. The number of amides is 1. The number of alkyl halides is 3. The number of nitrogens with two attached hydrogens (primary N) is 1. The van der Waals surface area contributed by atoms with Crippen LogP contribution in [0.25, 0.3) is 11.3 Å². The zero-order valence-corrected chi connectivity index (χ0v) is 14.7. The molecule has 3 heterocycles. The van der Waals surface area contributed by atoms with Gasteiger partial charge in [0.15, 0.2) is 5.69 Å². The van der Waals surface area contributed by atoms with E-state index in [1.54, 1.807) is 4.90 Å². The fourth-order valence-electron chi connectivity index (χ4n) is 2.67. The van der Waals surface area contributed by atoms with Crippen LogP contribution in [0.2, 0.25) is 0 Å². The molecule has 0 radical (unpaired) electrons. The van der Waals surface area contributed by atoms with Gasteiger partial charge in [0.2, 0.25) is 11.9 Å². The summed E-state index contributed by atoms with van der Waals surface area (Å²) in [4.78, 5) is 21.4. The molecular formula is C16H20F3N7O. The third-order valence-electron chi connectivity index (χ3n) is 4.28. The van der Waals surface area contributed by atoms with Gasteiger partial charge in [-0.1, -0.05) is 0 Å². The second kappa shape index (κ2) is 7.51. The predicted octanol–water partition coefficient (Wildman–Crippen LogP) is 1.03. The number of carbonyl (C=O) groups excluding carboxylic acids is 1. The van der Waals surface area contributed by atoms with E-state index in [4.69, 9.17) is 5.73 Å². The van der Waals surface area contributed by atoms with Crippen molar-refractivity contribution < 1.29 is 18.0 Å². The van der Waals surface area contributed by atoms with Gasteiger partial charge in [-0.3, -0.25) is 9.48 Å². The van der Waals surface area contributed by atoms with Gasteiger partial charge in [-0.05, 0) is 19.4 Å². The van der Waals surface area contributed by atoms with Gasteiger partial charge in [-0.15, -0.1) is 0 Å². The van der Waals surface area contributed by atoms with Crippen LogP contribution in [0.5, 0.6) is 0 Å². The topological polar surface area (TPSA) is 102 Å². The van der Waals surface area contributed by atoms with Crippen molar-refractivity contribution >= 4 is 11.9 Å². The molecule has 1 amide bonds. The molecule has 1 saturated heterocycles. The molecule has 27 heavy (non-hydrogen) atoms. The molecule has 1 fully saturated rings. The first-order chi connectivity index (χ1) is 12.8. The normalized spacial score (nSPS) is 16.9. The molecule has 11 heteroatoms. The SMILES string of the molecule is C[C@H]1CCN1c1nc(-c2cnn(CC(=O)NCCN)c2)cc(C(F)(F)F)n1. The van der Waals surface area contributed by atoms with Gasteiger partial charge in [-0.25, -0.2) is 9.97 Å². The van der Waals surface area contributed by atoms with Gasteiger partial charge in [0, 0.05) is 37.4 Å². The highest BCUT2D eigenvalue weighted by Crippen LogP contribution is 2.33. The predicted molar refractivity (Wildman–Crippen MR) is 91.7 cm³/mol. The van der Waals surface area contributed by atoms with E-state index in [0.29, 0.717) is 25.2 Å². The van der Waals surface area contributed by atoms with E-state index in [-0.39, 0.29) is 30.1 Å². The fraction of sp³-hybridized carbons (Fsp3) is 0.500. The standard InChI is InChI=1S/C16H20F3N7O/c1-10-2-5-26(10)15-23-12(6-13(24-15)16(17,18)19)11-7-22-25(8-11)9-14(27)21-4-3-20/h6-8,10H,2-5,9,20H2,1H3,(H,21,27)/t10-/m0/s1. The Morgan fingerprint density at radius 3 is 2.78 bits per heavy atom. The number of halogens is 3. The lowest BCUT2D eigenvalue weighted by Crippen LogP contribution is -2.46. The quantitative estimate of drug-likeness (QED) is 0.773. The van der Waals surface area contributed by atoms with Crippen LogP contribution < -0.4 is 16.0 Å². The molecular weight excluding hydrogens is 363 g/mol. The number of hydrogen-bond donors (Lipinski definition) is 2. The molecule has 0 unspecified atom stereocenters. The van der Waals surface area contributed by atoms with Gasteiger partial charge in [0.05, 0.1) is 11.9 Å². The summed E-state index contributed by atoms with van der Waals surface area (Å²) in [5.74, 6) is -0.240. The maximum absolute atomic E-state index is 13.2. The van der Waals surface area contributed by atoms with Crippen LogP contribution in [0, 0.1) is 0 Å². The number of aromatic nitrogens is 4. The van der Waals surface area contributed by atoms with Crippen molar-refractivity contribution in [1.29, 1.82) is 0 Å². The third-order valence-corrected chi connectivity index (χ3v) is 4.28. The van der Waals surface area contributed by atoms with Crippen LogP contribution in [0.4, 0.5) is 19.1 Å². The fourth-order valence-corrected chi connectivity index (χ4v) is 2.67. The second-order valence-electron chi connectivity index (χ2n) is 6.33. The summed E-state index contributed by atoms with van der Waals surface area (Å²) in [6.45, 7) is 3.11. The van der Waals surface area contributed by atoms with E-state index < -0.39 is 11.9 Å². The summed E-state index contributed by atoms with van der Waals surface area (Å²) in [5, 5.41) is 6.62. The summed E-state index contributed by atoms with van der Waals surface area (Å²) in [6.07, 6.45) is -0.848. The zero-order valence-electron chi connectivity index (χ0n) is 14.7. The highest BCUT2D eigenvalue weighted by Gasteiger charge is 2.36. The second-order valence-corrected chi connectivity index (χ2v) is 6.33. The average Bonchev–Trinajstić information content (AvgIpc) is 3.06. The van der Waals surface area contributed by atoms with E-state index in [1.807, 2.05) is 6.92 Å². The molecule has 2 aromatic heterocycles. The van der Waals surface area contributed by atoms with Gasteiger partial charge < -0.3 is 16.0 Å². The minimum atomic E-state index is -4.58. The first kappa shape index (κ1) is 19.1. The molecule has 0 spiro atoms. The molecule has 3 N–H and O–H groups in total. The minimum Gasteiger partial charge on any atom is -0.353 e. The van der Waals surface area contributed by atoms with E-state index in [2.05, 4.69) is 20.4 Å². The molecule has 8 nitrogen and oxygen atoms in total. The molecule has 0 bridgehead atoms. The van der Waals surface area contributed by atoms with E-state index in [0.717, 1.165) is 12.5 Å². The average molecular weight is 383 g/mol. The van der Waals surface area contributed by atoms with Gasteiger partial charge in [-0.2, -0.15) is 18.3 Å². The Hall–Kier alpha value is -2.69. The number of carbonyl (C=O) groups is 1. The Balaban J connectivity index is 1.87. The van der Waals surface area contributed by atoms with Gasteiger partial charge in [0.1, 0.15) is 6.54 Å². The lowest BCUT2D eigenvalue weighted by Gasteiger charge is -2.38. The Labute approximate surface area is 153 Å². The first-order valence-electron chi connectivity index (χ1n) is 8.50. The minimum absolute atomic E-state index is 0.0482. The van der Waals surface area contributed by atoms with Crippen molar-refractivity contribution in [3.05, 3.63) is 24.2 Å². The van der Waals surface area contributed by atoms with Gasteiger partial charge in [0.25, 0.3) is 0 Å². The summed E-state index contributed by atoms with van der Waals surface area (Å²) < 4.78 is 41.1. The lowest BCUT2D eigenvalue weighted by molar-refractivity contribution is -0.141. The number of nitrogens with one attached hydrogen (secondary N) is 1. The number of rotatable bonds is 6. The summed E-state index contributed by atoms with van der Waals surface area (Å²) in [5.41, 5.74) is 4.80. The Morgan fingerprint density at radius 2 is 2.19 bits per heavy atom. The molecule has 1 atom stereocenters. The van der Waals surface area contributed by atoms with E-state index in [1.165, 1.54) is 17.1 Å². The van der Waals surface area contributed by atoms with Crippen LogP contribution >= 0.6 is 0 Å². The maximum Gasteiger partial charge on any atom is 0.433 e. The van der Waals surface area contributed by atoms with Crippen LogP contribution in [-0.2, 0) is 17.5 Å². The van der Waals surface area contributed by atoms with Crippen molar-refractivity contribution in [2.45, 2.75) is 32.1 Å². The van der Waals surface area contributed by atoms with E-state index >= 15 is 0 Å². The smallest absolute Gasteiger partial charge is 0.353 e. The first-order valence-corrected chi connectivity index (χ1v) is 8.50. The van der Waals surface area contributed by atoms with Crippen LogP contribution in [0.15, 0.2) is 18.5 Å². The van der Waals surface area contributed by atoms with E-state index in [9.17, 15) is 18.0 Å². The molecule has 146 valence electrons. The van der Waals surface area contributed by atoms with Crippen LogP contribution in [0.1, 0.15) is 19.0 Å². The molecule has 1 aliphatic rings. The molecule has 1 aliphatic heterocycles. The molecule has 0 saturated carbocycles. The van der Waals surface area contributed by atoms with Gasteiger partial charge >= 0.3 is 6.18 Å². The number of nitrogens with zero attached hydrogens (tertiary/aromatic N) is 5. The summed E-state index contributed by atoms with van der Waals surface area (Å²) in [7, 11) is 0. The highest BCUT2D eigenvalue weighted by molar-refractivity contribution is 5.75. The van der Waals surface area contributed by atoms with Crippen molar-refractivity contribution in [3.63, 3.8) is 0 Å². The van der Waals surface area contributed by atoms with Crippen molar-refractivity contribution in [3.8, 4) is 11.3 Å². The highest BCUT2D eigenvalue weighted by atomic mass is 19.4. The largest absolute Gasteiger partial charge is 0.433 e. The Morgan fingerprint density at radius 1 is 1.41 bits per heavy atom. The molecule has 0 aliphatic carbocycles. The van der Waals surface area contributed by atoms with Crippen LogP contribution in [0.3, 0.4) is 0 Å². The zero-order chi connectivity index (χ0) is 19.6.